The molecule has 1 aromatic heterocycles. The van der Waals surface area contributed by atoms with Gasteiger partial charge in [-0.2, -0.15) is 8.42 Å². The van der Waals surface area contributed by atoms with Crippen LogP contribution in [0.3, 0.4) is 0 Å². The normalized spacial score (nSPS) is 10.4. The number of hydrogen-bond acceptors (Lipinski definition) is 3. The van der Waals surface area contributed by atoms with Crippen LogP contribution in [0, 0.1) is 0 Å². The van der Waals surface area contributed by atoms with Gasteiger partial charge in [0, 0.05) is 19.4 Å². The summed E-state index contributed by atoms with van der Waals surface area (Å²) in [6.45, 7) is 0. The van der Waals surface area contributed by atoms with Crippen LogP contribution in [0.25, 0.3) is 0 Å². The van der Waals surface area contributed by atoms with Gasteiger partial charge >= 0.3 is 51.9 Å². The molecule has 0 bridgehead atoms. The third kappa shape index (κ3) is 40.3. The van der Waals surface area contributed by atoms with Gasteiger partial charge in [-0.1, -0.05) is 0 Å². The molecule has 1 aromatic rings. The van der Waals surface area contributed by atoms with E-state index in [0.717, 1.165) is 0 Å². The summed E-state index contributed by atoms with van der Waals surface area (Å²) >= 11 is -1.33. The second-order valence-corrected chi connectivity index (χ2v) is 8.19. The molecule has 0 radical (unpaired) electrons. The first-order valence-corrected chi connectivity index (χ1v) is 8.87. The van der Waals surface area contributed by atoms with Crippen molar-refractivity contribution < 1.29 is 28.7 Å². The van der Waals surface area contributed by atoms with E-state index in [2.05, 4.69) is 4.98 Å². The Labute approximate surface area is 104 Å². The van der Waals surface area contributed by atoms with Gasteiger partial charge in [-0.3, -0.25) is 9.11 Å². The summed E-state index contributed by atoms with van der Waals surface area (Å²) in [5, 5.41) is 0. The molecule has 15 heavy (non-hydrogen) atoms. The van der Waals surface area contributed by atoms with Gasteiger partial charge in [0.1, 0.15) is 0 Å². The third-order valence-corrected chi connectivity index (χ3v) is 0.637. The molecule has 0 spiro atoms. The van der Waals surface area contributed by atoms with Crippen molar-refractivity contribution >= 4 is 40.7 Å². The van der Waals surface area contributed by atoms with E-state index in [1.54, 1.807) is 12.5 Å². The van der Waals surface area contributed by atoms with E-state index in [4.69, 9.17) is 47.8 Å². The van der Waals surface area contributed by atoms with Gasteiger partial charge in [0.15, 0.2) is 0 Å². The summed E-state index contributed by atoms with van der Waals surface area (Å²) in [4.78, 5) is 3.78. The number of hydrogen-bond donors (Lipinski definition) is 2. The monoisotopic (exact) mass is 341 g/mol. The molecule has 0 aromatic carbocycles. The van der Waals surface area contributed by atoms with E-state index < -0.39 is 21.6 Å². The van der Waals surface area contributed by atoms with Crippen molar-refractivity contribution in [2.45, 2.75) is 0 Å². The van der Waals surface area contributed by atoms with Crippen LogP contribution in [0.2, 0.25) is 0 Å². The molecule has 93 valence electrons. The Bertz CT molecular complexity index is 319. The quantitative estimate of drug-likeness (QED) is 0.554. The van der Waals surface area contributed by atoms with Crippen LogP contribution < -0.4 is 0 Å². The summed E-state index contributed by atoms with van der Waals surface area (Å²) < 4.78 is 33.5. The fourth-order valence-corrected chi connectivity index (χ4v) is 0.326. The number of imidazole rings is 1. The molecule has 1 rings (SSSR count). The molecule has 0 aliphatic carbocycles. The minimum atomic E-state index is -4.67. The van der Waals surface area contributed by atoms with Crippen LogP contribution in [-0.2, 0) is 28.6 Å². The molecule has 6 nitrogen and oxygen atoms in total. The fraction of sp³-hybridized carbons (Fsp3) is 0.250. The van der Waals surface area contributed by atoms with Gasteiger partial charge in [-0.15, -0.1) is 0 Å². The zero-order valence-corrected chi connectivity index (χ0v) is 11.4. The number of nitrogens with zero attached hydrogens (tertiary/aromatic N) is 2. The summed E-state index contributed by atoms with van der Waals surface area (Å²) in [5.41, 5.74) is 0. The fourth-order valence-electron chi connectivity index (χ4n) is 0.326. The van der Waals surface area contributed by atoms with Crippen LogP contribution in [0.4, 0.5) is 0 Å². The number of halogens is 3. The molecular weight excluding hydrogens is 334 g/mol. The van der Waals surface area contributed by atoms with Gasteiger partial charge < -0.3 is 4.57 Å². The Morgan fingerprint density at radius 3 is 1.73 bits per heavy atom. The van der Waals surface area contributed by atoms with E-state index in [9.17, 15) is 0 Å². The predicted molar refractivity (Wildman–Crippen MR) is 54.9 cm³/mol. The van der Waals surface area contributed by atoms with Crippen LogP contribution >= 0.6 is 30.3 Å². The molecule has 2 N–H and O–H groups in total. The molecule has 0 fully saturated rings. The summed E-state index contributed by atoms with van der Waals surface area (Å²) in [7, 11) is 11.9. The molecular formula is C4H8Cl3FeN2O4S. The van der Waals surface area contributed by atoms with E-state index in [1.165, 1.54) is 0 Å². The van der Waals surface area contributed by atoms with Crippen molar-refractivity contribution in [2.24, 2.45) is 7.05 Å². The Kier molecular flexibility index (Phi) is 11.5. The second-order valence-electron chi connectivity index (χ2n) is 1.83. The van der Waals surface area contributed by atoms with Crippen molar-refractivity contribution in [3.05, 3.63) is 18.7 Å². The van der Waals surface area contributed by atoms with Crippen molar-refractivity contribution in [3.63, 3.8) is 0 Å². The van der Waals surface area contributed by atoms with Crippen molar-refractivity contribution in [2.75, 3.05) is 0 Å². The topological polar surface area (TPSA) is 92.4 Å². The maximum atomic E-state index is 8.74. The first kappa shape index (κ1) is 17.9. The standard InChI is InChI=1S/C4H6N2.3ClH.Fe.H2O4S/c1-6-3-2-5-4-6;;;;;1-5(2,3)4/h2-4H,1H3;3*1H;;(H2,1,2,3,4)/q;;;;+3;/p-3. The maximum absolute atomic E-state index is 8.74. The number of aryl methyl sites for hydroxylation is 1. The Morgan fingerprint density at radius 2 is 1.67 bits per heavy atom. The molecule has 0 unspecified atom stereocenters. The third-order valence-electron chi connectivity index (χ3n) is 0.637. The van der Waals surface area contributed by atoms with E-state index in [1.807, 2.05) is 17.8 Å². The SMILES string of the molecule is Cn1ccnc1.O=S(=O)(O)O.[Cl][Fe]([Cl])[Cl]. The van der Waals surface area contributed by atoms with Gasteiger partial charge in [0.05, 0.1) is 6.33 Å². The van der Waals surface area contributed by atoms with Crippen LogP contribution in [0.5, 0.6) is 0 Å². The molecule has 0 aliphatic rings. The molecule has 0 saturated carbocycles. The van der Waals surface area contributed by atoms with E-state index in [0.29, 0.717) is 0 Å². The predicted octanol–water partition coefficient (Wildman–Crippen LogP) is 1.83. The average molecular weight is 342 g/mol. The van der Waals surface area contributed by atoms with E-state index in [-0.39, 0.29) is 0 Å². The summed E-state index contributed by atoms with van der Waals surface area (Å²) in [5.74, 6) is 0. The number of rotatable bonds is 0. The zero-order valence-electron chi connectivity index (χ0n) is 7.23. The van der Waals surface area contributed by atoms with Crippen molar-refractivity contribution in [1.82, 2.24) is 9.55 Å². The molecule has 0 amide bonds. The molecule has 1 heterocycles. The summed E-state index contributed by atoms with van der Waals surface area (Å²) in [6.07, 6.45) is 5.39. The Morgan fingerprint density at radius 1 is 1.33 bits per heavy atom. The molecule has 0 saturated heterocycles. The first-order chi connectivity index (χ1) is 6.63. The Balaban J connectivity index is 0. The average Bonchev–Trinajstić information content (AvgIpc) is 2.33. The Hall–Kier alpha value is 0.469. The van der Waals surface area contributed by atoms with Gasteiger partial charge in [-0.25, -0.2) is 4.98 Å². The van der Waals surface area contributed by atoms with Crippen LogP contribution in [0.1, 0.15) is 0 Å². The first-order valence-electron chi connectivity index (χ1n) is 2.91. The summed E-state index contributed by atoms with van der Waals surface area (Å²) in [6, 6.07) is 0. The second kappa shape index (κ2) is 9.68. The van der Waals surface area contributed by atoms with Crippen LogP contribution in [0.15, 0.2) is 18.7 Å². The molecule has 0 atom stereocenters. The molecule has 0 aliphatic heterocycles. The zero-order chi connectivity index (χ0) is 12.5. The van der Waals surface area contributed by atoms with Crippen molar-refractivity contribution in [1.29, 1.82) is 0 Å². The minimum absolute atomic E-state index is 1.33. The molecule has 11 heteroatoms. The van der Waals surface area contributed by atoms with Gasteiger partial charge in [-0.05, 0) is 0 Å². The van der Waals surface area contributed by atoms with Crippen LogP contribution in [-0.4, -0.2) is 27.1 Å². The van der Waals surface area contributed by atoms with E-state index >= 15 is 0 Å². The van der Waals surface area contributed by atoms with Gasteiger partial charge in [0.25, 0.3) is 0 Å². The van der Waals surface area contributed by atoms with Crippen molar-refractivity contribution in [3.8, 4) is 0 Å². The van der Waals surface area contributed by atoms with Gasteiger partial charge in [0.2, 0.25) is 0 Å². The number of aromatic nitrogens is 2.